The van der Waals surface area contributed by atoms with E-state index < -0.39 is 5.97 Å². The number of nitrogens with zero attached hydrogens (tertiary/aromatic N) is 3. The summed E-state index contributed by atoms with van der Waals surface area (Å²) in [7, 11) is 0. The minimum Gasteiger partial charge on any atom is -0.480 e. The normalized spacial score (nSPS) is 10.6. The van der Waals surface area contributed by atoms with Crippen molar-refractivity contribution < 1.29 is 14.4 Å². The number of aromatic nitrogens is 3. The minimum absolute atomic E-state index is 0.231. The number of hydrogen-bond donors (Lipinski definition) is 2. The highest BCUT2D eigenvalue weighted by Crippen LogP contribution is 2.22. The third-order valence-electron chi connectivity index (χ3n) is 2.00. The van der Waals surface area contributed by atoms with Gasteiger partial charge in [0.2, 0.25) is 5.58 Å². The molecule has 0 unspecified atom stereocenters. The predicted molar refractivity (Wildman–Crippen MR) is 55.2 cm³/mol. The second-order valence-electron chi connectivity index (χ2n) is 3.31. The molecule has 7 nitrogen and oxygen atoms in total. The molecular formula is C9H10N4O3. The van der Waals surface area contributed by atoms with Crippen LogP contribution >= 0.6 is 0 Å². The molecule has 7 heteroatoms. The number of nitrogens with one attached hydrogen (secondary N) is 1. The zero-order valence-corrected chi connectivity index (χ0v) is 8.81. The van der Waals surface area contributed by atoms with Crippen molar-refractivity contribution in [3.63, 3.8) is 0 Å². The maximum absolute atomic E-state index is 10.4. The summed E-state index contributed by atoms with van der Waals surface area (Å²) in [5.41, 5.74) is 1.63. The molecule has 0 saturated carbocycles. The molecule has 0 radical (unpaired) electrons. The summed E-state index contributed by atoms with van der Waals surface area (Å²) in [5.74, 6) is -0.0853. The lowest BCUT2D eigenvalue weighted by Gasteiger charge is -2.02. The van der Waals surface area contributed by atoms with Crippen molar-refractivity contribution in [2.45, 2.75) is 13.8 Å². The van der Waals surface area contributed by atoms with Gasteiger partial charge in [-0.05, 0) is 13.8 Å². The molecule has 0 aliphatic heterocycles. The van der Waals surface area contributed by atoms with Gasteiger partial charge in [0.05, 0.1) is 0 Å². The van der Waals surface area contributed by atoms with Crippen LogP contribution in [0.4, 0.5) is 5.82 Å². The zero-order valence-electron chi connectivity index (χ0n) is 8.81. The highest BCUT2D eigenvalue weighted by atomic mass is 16.5. The first-order valence-electron chi connectivity index (χ1n) is 4.64. The standard InChI is InChI=1S/C9H10N4O3/c1-4-7-8(16-13-4)9(10-3-6(14)15)12-5(2)11-7/h3H2,1-2H3,(H,14,15)(H,10,11,12). The summed E-state index contributed by atoms with van der Waals surface area (Å²) >= 11 is 0. The Morgan fingerprint density at radius 1 is 1.44 bits per heavy atom. The van der Waals surface area contributed by atoms with E-state index in [4.69, 9.17) is 9.63 Å². The highest BCUT2D eigenvalue weighted by Gasteiger charge is 2.13. The predicted octanol–water partition coefficient (Wildman–Crippen LogP) is 0.731. The molecule has 16 heavy (non-hydrogen) atoms. The first-order chi connectivity index (χ1) is 7.58. The van der Waals surface area contributed by atoms with Crippen LogP contribution in [0.3, 0.4) is 0 Å². The van der Waals surface area contributed by atoms with Gasteiger partial charge in [0.25, 0.3) is 0 Å². The molecule has 0 aliphatic carbocycles. The van der Waals surface area contributed by atoms with Crippen LogP contribution in [0.25, 0.3) is 11.1 Å². The van der Waals surface area contributed by atoms with E-state index in [-0.39, 0.29) is 6.54 Å². The van der Waals surface area contributed by atoms with Gasteiger partial charge < -0.3 is 14.9 Å². The van der Waals surface area contributed by atoms with E-state index in [0.29, 0.717) is 28.4 Å². The summed E-state index contributed by atoms with van der Waals surface area (Å²) in [6.07, 6.45) is 0. The average molecular weight is 222 g/mol. The average Bonchev–Trinajstić information content (AvgIpc) is 2.57. The number of carboxylic acid groups (broad SMARTS) is 1. The molecule has 2 heterocycles. The first-order valence-corrected chi connectivity index (χ1v) is 4.64. The summed E-state index contributed by atoms with van der Waals surface area (Å²) < 4.78 is 5.04. The van der Waals surface area contributed by atoms with Crippen LogP contribution in [-0.4, -0.2) is 32.7 Å². The molecule has 0 bridgehead atoms. The van der Waals surface area contributed by atoms with Gasteiger partial charge in [0, 0.05) is 0 Å². The summed E-state index contributed by atoms with van der Waals surface area (Å²) in [4.78, 5) is 18.7. The molecule has 0 aliphatic rings. The molecule has 0 atom stereocenters. The van der Waals surface area contributed by atoms with Gasteiger partial charge in [-0.1, -0.05) is 5.16 Å². The van der Waals surface area contributed by atoms with Gasteiger partial charge in [-0.15, -0.1) is 0 Å². The maximum atomic E-state index is 10.4. The Kier molecular flexibility index (Phi) is 2.43. The number of aliphatic carboxylic acids is 1. The largest absolute Gasteiger partial charge is 0.480 e. The van der Waals surface area contributed by atoms with Crippen LogP contribution in [0.15, 0.2) is 4.52 Å². The van der Waals surface area contributed by atoms with Crippen molar-refractivity contribution in [3.8, 4) is 0 Å². The first kappa shape index (κ1) is 10.3. The zero-order chi connectivity index (χ0) is 11.7. The number of anilines is 1. The summed E-state index contributed by atoms with van der Waals surface area (Å²) in [6.45, 7) is 3.25. The Morgan fingerprint density at radius 2 is 2.19 bits per heavy atom. The SMILES string of the molecule is Cc1nc(NCC(=O)O)c2onc(C)c2n1. The Bertz CT molecular complexity index is 549. The highest BCUT2D eigenvalue weighted by molar-refractivity contribution is 5.86. The van der Waals surface area contributed by atoms with Gasteiger partial charge in [0.1, 0.15) is 23.6 Å². The van der Waals surface area contributed by atoms with E-state index in [2.05, 4.69) is 20.4 Å². The molecule has 2 aromatic rings. The smallest absolute Gasteiger partial charge is 0.322 e. The van der Waals surface area contributed by atoms with Crippen LogP contribution in [0, 0.1) is 13.8 Å². The van der Waals surface area contributed by atoms with Gasteiger partial charge >= 0.3 is 5.97 Å². The number of aryl methyl sites for hydroxylation is 2. The molecular weight excluding hydrogens is 212 g/mol. The van der Waals surface area contributed by atoms with Gasteiger partial charge in [0.15, 0.2) is 5.82 Å². The Balaban J connectivity index is 2.46. The van der Waals surface area contributed by atoms with Crippen molar-refractivity contribution in [3.05, 3.63) is 11.5 Å². The maximum Gasteiger partial charge on any atom is 0.322 e. The molecule has 0 saturated heterocycles. The van der Waals surface area contributed by atoms with Crippen molar-refractivity contribution in [1.82, 2.24) is 15.1 Å². The summed E-state index contributed by atoms with van der Waals surface area (Å²) in [5, 5.41) is 15.0. The van der Waals surface area contributed by atoms with Crippen molar-refractivity contribution in [2.75, 3.05) is 11.9 Å². The second-order valence-corrected chi connectivity index (χ2v) is 3.31. The lowest BCUT2D eigenvalue weighted by Crippen LogP contribution is -2.13. The van der Waals surface area contributed by atoms with E-state index in [1.807, 2.05) is 0 Å². The quantitative estimate of drug-likeness (QED) is 0.789. The molecule has 0 spiro atoms. The Morgan fingerprint density at radius 3 is 2.88 bits per heavy atom. The molecule has 2 N–H and O–H groups in total. The van der Waals surface area contributed by atoms with E-state index in [1.165, 1.54) is 0 Å². The van der Waals surface area contributed by atoms with Crippen LogP contribution in [-0.2, 0) is 4.79 Å². The molecule has 0 amide bonds. The number of fused-ring (bicyclic) bond motifs is 1. The van der Waals surface area contributed by atoms with Crippen LogP contribution < -0.4 is 5.32 Å². The monoisotopic (exact) mass is 222 g/mol. The fraction of sp³-hybridized carbons (Fsp3) is 0.333. The topological polar surface area (TPSA) is 101 Å². The molecule has 84 valence electrons. The van der Waals surface area contributed by atoms with Crippen LogP contribution in [0.5, 0.6) is 0 Å². The molecule has 0 fully saturated rings. The molecule has 2 aromatic heterocycles. The molecule has 2 rings (SSSR count). The van der Waals surface area contributed by atoms with Crippen LogP contribution in [0.1, 0.15) is 11.5 Å². The fourth-order valence-corrected chi connectivity index (χ4v) is 1.33. The molecule has 0 aromatic carbocycles. The van der Waals surface area contributed by atoms with E-state index in [1.54, 1.807) is 13.8 Å². The minimum atomic E-state index is -0.972. The van der Waals surface area contributed by atoms with Crippen molar-refractivity contribution in [1.29, 1.82) is 0 Å². The van der Waals surface area contributed by atoms with Crippen LogP contribution in [0.2, 0.25) is 0 Å². The number of rotatable bonds is 3. The Hall–Kier alpha value is -2.18. The number of carboxylic acids is 1. The van der Waals surface area contributed by atoms with Gasteiger partial charge in [-0.25, -0.2) is 9.97 Å². The van der Waals surface area contributed by atoms with Gasteiger partial charge in [-0.3, -0.25) is 4.79 Å². The van der Waals surface area contributed by atoms with Gasteiger partial charge in [-0.2, -0.15) is 0 Å². The number of carbonyl (C=O) groups is 1. The Labute approximate surface area is 90.5 Å². The fourth-order valence-electron chi connectivity index (χ4n) is 1.33. The number of hydrogen-bond acceptors (Lipinski definition) is 6. The van der Waals surface area contributed by atoms with E-state index in [0.717, 1.165) is 0 Å². The lowest BCUT2D eigenvalue weighted by atomic mass is 10.3. The van der Waals surface area contributed by atoms with Crippen molar-refractivity contribution >= 4 is 22.9 Å². The second kappa shape index (κ2) is 3.76. The lowest BCUT2D eigenvalue weighted by molar-refractivity contribution is -0.134. The third kappa shape index (κ3) is 1.79. The van der Waals surface area contributed by atoms with E-state index >= 15 is 0 Å². The van der Waals surface area contributed by atoms with Crippen molar-refractivity contribution in [2.24, 2.45) is 0 Å². The summed E-state index contributed by atoms with van der Waals surface area (Å²) in [6, 6.07) is 0. The van der Waals surface area contributed by atoms with E-state index in [9.17, 15) is 4.79 Å². The third-order valence-corrected chi connectivity index (χ3v) is 2.00.